The molecule has 53 heavy (non-hydrogen) atoms. The lowest BCUT2D eigenvalue weighted by molar-refractivity contribution is -0.318. The quantitative estimate of drug-likeness (QED) is 0.203. The van der Waals surface area contributed by atoms with E-state index >= 15 is 0 Å². The lowest BCUT2D eigenvalue weighted by atomic mass is 9.42. The molecular weight excluding hydrogens is 680 g/mol. The molecule has 7 aliphatic rings. The Labute approximate surface area is 313 Å². The zero-order valence-electron chi connectivity index (χ0n) is 31.8. The number of cyclic esters (lactones) is 1. The van der Waals surface area contributed by atoms with E-state index in [2.05, 4.69) is 26.0 Å². The molecule has 0 amide bonds. The van der Waals surface area contributed by atoms with Crippen LogP contribution >= 0.6 is 0 Å². The fourth-order valence-electron chi connectivity index (χ4n) is 12.9. The molecule has 4 saturated carbocycles. The summed E-state index contributed by atoms with van der Waals surface area (Å²) < 4.78 is 30.5. The van der Waals surface area contributed by atoms with Gasteiger partial charge in [-0.15, -0.1) is 0 Å². The Hall–Kier alpha value is -1.67. The number of hydrogen-bond donors (Lipinski definition) is 5. The molecule has 7 fully saturated rings. The summed E-state index contributed by atoms with van der Waals surface area (Å²) in [6, 6.07) is 10.1. The molecule has 3 aliphatic heterocycles. The molecule has 6 unspecified atom stereocenters. The van der Waals surface area contributed by atoms with Gasteiger partial charge in [-0.3, -0.25) is 4.79 Å². The van der Waals surface area contributed by atoms with Gasteiger partial charge in [0.2, 0.25) is 0 Å². The molecule has 296 valence electrons. The Bertz CT molecular complexity index is 1440. The smallest absolute Gasteiger partial charge is 0.306 e. The molecule has 3 saturated heterocycles. The van der Waals surface area contributed by atoms with Crippen LogP contribution in [0.4, 0.5) is 0 Å². The Morgan fingerprint density at radius 3 is 2.25 bits per heavy atom. The highest BCUT2D eigenvalue weighted by Gasteiger charge is 2.72. The fourth-order valence-corrected chi connectivity index (χ4v) is 12.9. The molecule has 0 bridgehead atoms. The SMILES string of the molecule is CC1O[C@H](OC2C(C)O[C@@H](O[C@H]3CC[C@@]4(C)[C@H](CC[C@@H]5[C@@H]4C[C@@H](O)[C@]4(C)[C@@H](C6CC(=O)OC6Cc6ccccc6)CC[C@]54O)C3)C[C@H]2O)C[C@@H](O)C1O. The first kappa shape index (κ1) is 38.2. The van der Waals surface area contributed by atoms with Crippen LogP contribution in [-0.4, -0.2) is 105 Å². The van der Waals surface area contributed by atoms with E-state index in [0.717, 1.165) is 44.1 Å². The Morgan fingerprint density at radius 1 is 0.792 bits per heavy atom. The van der Waals surface area contributed by atoms with Gasteiger partial charge < -0.3 is 49.2 Å². The number of fused-ring (bicyclic) bond motifs is 5. The van der Waals surface area contributed by atoms with Crippen LogP contribution in [0, 0.1) is 40.4 Å². The molecule has 5 N–H and O–H groups in total. The van der Waals surface area contributed by atoms with Crippen molar-refractivity contribution >= 4 is 5.97 Å². The normalized spacial score (nSPS) is 52.7. The van der Waals surface area contributed by atoms with E-state index in [0.29, 0.717) is 31.6 Å². The molecule has 8 rings (SSSR count). The van der Waals surface area contributed by atoms with Gasteiger partial charge in [0.1, 0.15) is 18.3 Å². The summed E-state index contributed by atoms with van der Waals surface area (Å²) in [4.78, 5) is 12.8. The van der Waals surface area contributed by atoms with Gasteiger partial charge in [-0.2, -0.15) is 0 Å². The van der Waals surface area contributed by atoms with Gasteiger partial charge in [-0.05, 0) is 99.9 Å². The summed E-state index contributed by atoms with van der Waals surface area (Å²) in [7, 11) is 0. The van der Waals surface area contributed by atoms with Gasteiger partial charge in [-0.25, -0.2) is 0 Å². The lowest BCUT2D eigenvalue weighted by Crippen LogP contribution is -2.67. The molecule has 4 aliphatic carbocycles. The van der Waals surface area contributed by atoms with Crippen LogP contribution in [0.3, 0.4) is 0 Å². The van der Waals surface area contributed by atoms with Crippen molar-refractivity contribution in [3.8, 4) is 0 Å². The second kappa shape index (κ2) is 14.4. The predicted molar refractivity (Wildman–Crippen MR) is 192 cm³/mol. The Balaban J connectivity index is 0.905. The number of hydrogen-bond acceptors (Lipinski definition) is 11. The number of benzene rings is 1. The minimum atomic E-state index is -1.01. The molecule has 0 radical (unpaired) electrons. The standard InChI is InChI=1S/C42H62O11/c1-22-38(47)31(43)20-37(49-22)53-39-23(2)50-36(21-32(39)44)51-26-12-14-40(3)25(17-26)10-11-29-30(40)19-34(45)41(4)28(13-15-42(29,41)48)27-18-35(46)52-33(27)16-24-8-6-5-7-9-24/h5-9,22-23,25-34,36-39,43-45,47-48H,10-21H2,1-4H3/t22?,23?,25-,26+,27?,28-,29-,30+,31-,32-,33?,34-,36+,37-,38?,39?,40+,41+,42+/m1/s1. The number of aliphatic hydroxyl groups is 5. The van der Waals surface area contributed by atoms with Crippen molar-refractivity contribution in [2.24, 2.45) is 40.4 Å². The van der Waals surface area contributed by atoms with E-state index in [4.69, 9.17) is 23.7 Å². The highest BCUT2D eigenvalue weighted by molar-refractivity contribution is 5.72. The maximum atomic E-state index is 12.9. The number of rotatable bonds is 7. The van der Waals surface area contributed by atoms with Crippen LogP contribution < -0.4 is 0 Å². The summed E-state index contributed by atoms with van der Waals surface area (Å²) >= 11 is 0. The first-order chi connectivity index (χ1) is 25.2. The lowest BCUT2D eigenvalue weighted by Gasteiger charge is -2.65. The van der Waals surface area contributed by atoms with Crippen LogP contribution in [0.2, 0.25) is 0 Å². The zero-order valence-corrected chi connectivity index (χ0v) is 31.8. The van der Waals surface area contributed by atoms with Gasteiger partial charge in [0.25, 0.3) is 0 Å². The van der Waals surface area contributed by atoms with Gasteiger partial charge >= 0.3 is 5.97 Å². The summed E-state index contributed by atoms with van der Waals surface area (Å²) in [5.74, 6) is 0.432. The molecule has 11 nitrogen and oxygen atoms in total. The van der Waals surface area contributed by atoms with Crippen LogP contribution in [0.1, 0.15) is 104 Å². The minimum absolute atomic E-state index is 0.00485. The van der Waals surface area contributed by atoms with Gasteiger partial charge in [0.05, 0.1) is 48.6 Å². The average Bonchev–Trinajstić information content (AvgIpc) is 3.61. The van der Waals surface area contributed by atoms with E-state index in [1.807, 2.05) is 25.1 Å². The van der Waals surface area contributed by atoms with E-state index in [1.54, 1.807) is 6.92 Å². The third-order valence-corrected chi connectivity index (χ3v) is 15.9. The molecule has 3 heterocycles. The van der Waals surface area contributed by atoms with Crippen LogP contribution in [-0.2, 0) is 34.9 Å². The third-order valence-electron chi connectivity index (χ3n) is 15.9. The number of esters is 1. The van der Waals surface area contributed by atoms with Gasteiger partial charge in [0, 0.05) is 30.6 Å². The van der Waals surface area contributed by atoms with Crippen molar-refractivity contribution in [2.45, 2.75) is 178 Å². The summed E-state index contributed by atoms with van der Waals surface area (Å²) in [5, 5.41) is 56.4. The van der Waals surface area contributed by atoms with E-state index in [9.17, 15) is 30.3 Å². The monoisotopic (exact) mass is 742 g/mol. The topological polar surface area (TPSA) is 164 Å². The van der Waals surface area contributed by atoms with E-state index < -0.39 is 66.3 Å². The van der Waals surface area contributed by atoms with Crippen molar-refractivity contribution < 1.29 is 54.0 Å². The largest absolute Gasteiger partial charge is 0.462 e. The first-order valence-corrected chi connectivity index (χ1v) is 20.5. The number of aliphatic hydroxyl groups excluding tert-OH is 4. The van der Waals surface area contributed by atoms with Crippen molar-refractivity contribution in [1.82, 2.24) is 0 Å². The Kier molecular flexibility index (Phi) is 10.4. The molecule has 0 aromatic heterocycles. The van der Waals surface area contributed by atoms with Crippen LogP contribution in [0.5, 0.6) is 0 Å². The molecule has 1 aromatic carbocycles. The van der Waals surface area contributed by atoms with E-state index in [-0.39, 0.29) is 60.1 Å². The highest BCUT2D eigenvalue weighted by atomic mass is 16.7. The molecular formula is C42H62O11. The Morgan fingerprint density at radius 2 is 1.51 bits per heavy atom. The maximum Gasteiger partial charge on any atom is 0.306 e. The fraction of sp³-hybridized carbons (Fsp3) is 0.833. The number of carbonyl (C=O) groups excluding carboxylic acids is 1. The zero-order chi connectivity index (χ0) is 37.4. The molecule has 0 spiro atoms. The minimum Gasteiger partial charge on any atom is -0.462 e. The number of carbonyl (C=O) groups is 1. The van der Waals surface area contributed by atoms with Crippen LogP contribution in [0.25, 0.3) is 0 Å². The van der Waals surface area contributed by atoms with Crippen molar-refractivity contribution in [3.05, 3.63) is 35.9 Å². The van der Waals surface area contributed by atoms with E-state index in [1.165, 1.54) is 0 Å². The predicted octanol–water partition coefficient (Wildman–Crippen LogP) is 4.03. The average molecular weight is 743 g/mol. The van der Waals surface area contributed by atoms with Crippen molar-refractivity contribution in [3.63, 3.8) is 0 Å². The van der Waals surface area contributed by atoms with Crippen molar-refractivity contribution in [1.29, 1.82) is 0 Å². The summed E-state index contributed by atoms with van der Waals surface area (Å²) in [6.07, 6.45) is 1.21. The second-order valence-electron chi connectivity index (χ2n) is 18.5. The van der Waals surface area contributed by atoms with Gasteiger partial charge in [0.15, 0.2) is 12.6 Å². The highest BCUT2D eigenvalue weighted by Crippen LogP contribution is 2.70. The molecule has 11 heteroatoms. The molecule has 19 atom stereocenters. The summed E-state index contributed by atoms with van der Waals surface area (Å²) in [5.41, 5.74) is -0.641. The van der Waals surface area contributed by atoms with Gasteiger partial charge in [-0.1, -0.05) is 44.2 Å². The first-order valence-electron chi connectivity index (χ1n) is 20.5. The maximum absolute atomic E-state index is 12.9. The van der Waals surface area contributed by atoms with Crippen LogP contribution in [0.15, 0.2) is 30.3 Å². The summed E-state index contributed by atoms with van der Waals surface area (Å²) in [6.45, 7) is 8.02. The second-order valence-corrected chi connectivity index (χ2v) is 18.5. The third kappa shape index (κ3) is 6.52. The number of ether oxygens (including phenoxy) is 5. The molecule has 1 aromatic rings. The van der Waals surface area contributed by atoms with Crippen molar-refractivity contribution in [2.75, 3.05) is 0 Å².